The fourth-order valence-corrected chi connectivity index (χ4v) is 1.51. The Labute approximate surface area is 108 Å². The normalized spacial score (nSPS) is 12.8. The van der Waals surface area contributed by atoms with Gasteiger partial charge in [-0.15, -0.1) is 0 Å². The summed E-state index contributed by atoms with van der Waals surface area (Å²) in [5.74, 6) is 0. The van der Waals surface area contributed by atoms with Crippen molar-refractivity contribution in [3.63, 3.8) is 0 Å². The summed E-state index contributed by atoms with van der Waals surface area (Å²) in [5, 5.41) is 0. The van der Waals surface area contributed by atoms with Gasteiger partial charge in [0.1, 0.15) is 0 Å². The summed E-state index contributed by atoms with van der Waals surface area (Å²) in [6, 6.07) is 0. The van der Waals surface area contributed by atoms with Crippen molar-refractivity contribution in [2.45, 2.75) is 51.9 Å². The highest BCUT2D eigenvalue weighted by atomic mass is 13.9. The monoisotopic (exact) mass is 231 g/mol. The maximum absolute atomic E-state index is 3.85. The Hall–Kier alpha value is -1.04. The van der Waals surface area contributed by atoms with E-state index in [1.807, 2.05) is 31.2 Å². The Morgan fingerprint density at radius 1 is 0.706 bits per heavy atom. The lowest BCUT2D eigenvalue weighted by atomic mass is 10.1. The van der Waals surface area contributed by atoms with E-state index in [0.717, 1.165) is 6.42 Å². The molecule has 0 fully saturated rings. The predicted molar refractivity (Wildman–Crippen MR) is 79.9 cm³/mol. The lowest BCUT2D eigenvalue weighted by Crippen LogP contribution is -1.77. The summed E-state index contributed by atoms with van der Waals surface area (Å²) in [4.78, 5) is 0. The number of rotatable bonds is 10. The van der Waals surface area contributed by atoms with E-state index in [1.165, 1.54) is 38.5 Å². The van der Waals surface area contributed by atoms with Gasteiger partial charge in [0.25, 0.3) is 0 Å². The molecule has 17 heavy (non-hydrogen) atoms. The molecular formula is C17H27. The maximum Gasteiger partial charge on any atom is -0.0348 e. The molecule has 1 radical (unpaired) electrons. The molecule has 0 aliphatic rings. The first-order valence-electron chi connectivity index (χ1n) is 6.82. The zero-order chi connectivity index (χ0) is 12.6. The second-order valence-corrected chi connectivity index (χ2v) is 4.13. The first-order chi connectivity index (χ1) is 8.41. The van der Waals surface area contributed by atoms with Gasteiger partial charge >= 0.3 is 0 Å². The van der Waals surface area contributed by atoms with Gasteiger partial charge in [-0.25, -0.2) is 0 Å². The van der Waals surface area contributed by atoms with E-state index >= 15 is 0 Å². The van der Waals surface area contributed by atoms with Gasteiger partial charge in [-0.3, -0.25) is 0 Å². The Kier molecular flexibility index (Phi) is 14.0. The molecule has 0 bridgehead atoms. The fraction of sp³-hybridized carbons (Fsp3) is 0.471. The summed E-state index contributed by atoms with van der Waals surface area (Å²) >= 11 is 0. The summed E-state index contributed by atoms with van der Waals surface area (Å²) in [7, 11) is 0. The molecule has 0 amide bonds. The third-order valence-corrected chi connectivity index (χ3v) is 2.50. The van der Waals surface area contributed by atoms with E-state index < -0.39 is 0 Å². The van der Waals surface area contributed by atoms with Crippen molar-refractivity contribution >= 4 is 0 Å². The van der Waals surface area contributed by atoms with Crippen LogP contribution in [0, 0.1) is 6.92 Å². The third kappa shape index (κ3) is 15.0. The van der Waals surface area contributed by atoms with Crippen LogP contribution in [0.2, 0.25) is 0 Å². The molecule has 0 atom stereocenters. The topological polar surface area (TPSA) is 0 Å². The Balaban J connectivity index is 3.30. The molecule has 0 aliphatic carbocycles. The van der Waals surface area contributed by atoms with Gasteiger partial charge in [0.15, 0.2) is 0 Å². The molecule has 0 heterocycles. The number of unbranched alkanes of at least 4 members (excludes halogenated alkanes) is 6. The lowest BCUT2D eigenvalue weighted by molar-refractivity contribution is 0.621. The number of allylic oxidation sites excluding steroid dienone is 8. The van der Waals surface area contributed by atoms with Gasteiger partial charge in [-0.1, -0.05) is 87.6 Å². The van der Waals surface area contributed by atoms with E-state index in [4.69, 9.17) is 0 Å². The van der Waals surface area contributed by atoms with E-state index in [0.29, 0.717) is 0 Å². The zero-order valence-corrected chi connectivity index (χ0v) is 11.3. The average molecular weight is 231 g/mol. The SMILES string of the molecule is [CH2]CCCCCCC/C=C/C=C/C=C/C=C/C. The molecule has 0 unspecified atom stereocenters. The minimum Gasteiger partial charge on any atom is -0.0877 e. The minimum atomic E-state index is 1.09. The molecule has 0 saturated carbocycles. The summed E-state index contributed by atoms with van der Waals surface area (Å²) in [6.45, 7) is 5.87. The highest BCUT2D eigenvalue weighted by Crippen LogP contribution is 2.06. The molecule has 0 aromatic heterocycles. The summed E-state index contributed by atoms with van der Waals surface area (Å²) in [5.41, 5.74) is 0. The van der Waals surface area contributed by atoms with Gasteiger partial charge in [0.05, 0.1) is 0 Å². The average Bonchev–Trinajstić information content (AvgIpc) is 2.35. The molecule has 0 aliphatic heterocycles. The highest BCUT2D eigenvalue weighted by molar-refractivity contribution is 5.14. The standard InChI is InChI=1S/C17H27/c1-3-5-7-9-11-13-15-17-16-14-12-10-8-6-4-2/h4,6,8,10,12,14,16-17H,1,3,5,7,9,11,13,15H2,2H3/b6-4+,10-8+,14-12+,17-16+. The van der Waals surface area contributed by atoms with Gasteiger partial charge < -0.3 is 0 Å². The molecule has 0 N–H and O–H groups in total. The predicted octanol–water partition coefficient (Wildman–Crippen LogP) is 5.80. The van der Waals surface area contributed by atoms with Gasteiger partial charge in [0, 0.05) is 0 Å². The summed E-state index contributed by atoms with van der Waals surface area (Å²) in [6.07, 6.45) is 25.6. The maximum atomic E-state index is 3.85. The van der Waals surface area contributed by atoms with Crippen LogP contribution in [-0.4, -0.2) is 0 Å². The van der Waals surface area contributed by atoms with E-state index in [-0.39, 0.29) is 0 Å². The Bertz CT molecular complexity index is 241. The molecule has 0 aromatic carbocycles. The molecule has 0 aromatic rings. The molecule has 0 heteroatoms. The second kappa shape index (κ2) is 15.0. The van der Waals surface area contributed by atoms with Crippen molar-refractivity contribution in [2.75, 3.05) is 0 Å². The largest absolute Gasteiger partial charge is 0.0877 e. The molecule has 0 rings (SSSR count). The van der Waals surface area contributed by atoms with E-state index in [2.05, 4.69) is 31.2 Å². The van der Waals surface area contributed by atoms with Crippen LogP contribution in [0.4, 0.5) is 0 Å². The van der Waals surface area contributed by atoms with Crippen molar-refractivity contribution in [2.24, 2.45) is 0 Å². The minimum absolute atomic E-state index is 1.09. The van der Waals surface area contributed by atoms with Crippen LogP contribution < -0.4 is 0 Å². The smallest absolute Gasteiger partial charge is 0.0348 e. The lowest BCUT2D eigenvalue weighted by Gasteiger charge is -1.96. The molecule has 0 saturated heterocycles. The van der Waals surface area contributed by atoms with Crippen molar-refractivity contribution in [1.82, 2.24) is 0 Å². The Morgan fingerprint density at radius 3 is 2.00 bits per heavy atom. The van der Waals surface area contributed by atoms with Crippen LogP contribution in [-0.2, 0) is 0 Å². The second-order valence-electron chi connectivity index (χ2n) is 4.13. The quantitative estimate of drug-likeness (QED) is 0.329. The number of hydrogen-bond donors (Lipinski definition) is 0. The first kappa shape index (κ1) is 16.0. The van der Waals surface area contributed by atoms with Crippen LogP contribution >= 0.6 is 0 Å². The van der Waals surface area contributed by atoms with Crippen LogP contribution in [0.5, 0.6) is 0 Å². The zero-order valence-electron chi connectivity index (χ0n) is 11.3. The van der Waals surface area contributed by atoms with Crippen molar-refractivity contribution in [1.29, 1.82) is 0 Å². The van der Waals surface area contributed by atoms with E-state index in [1.54, 1.807) is 0 Å². The van der Waals surface area contributed by atoms with Gasteiger partial charge in [-0.05, 0) is 19.8 Å². The highest BCUT2D eigenvalue weighted by Gasteiger charge is 1.87. The van der Waals surface area contributed by atoms with Crippen LogP contribution in [0.25, 0.3) is 0 Å². The van der Waals surface area contributed by atoms with Gasteiger partial charge in [0.2, 0.25) is 0 Å². The molecule has 0 nitrogen and oxygen atoms in total. The van der Waals surface area contributed by atoms with Crippen LogP contribution in [0.15, 0.2) is 48.6 Å². The van der Waals surface area contributed by atoms with Crippen molar-refractivity contribution in [3.05, 3.63) is 55.5 Å². The van der Waals surface area contributed by atoms with Crippen molar-refractivity contribution < 1.29 is 0 Å². The van der Waals surface area contributed by atoms with Crippen molar-refractivity contribution in [3.8, 4) is 0 Å². The van der Waals surface area contributed by atoms with E-state index in [9.17, 15) is 0 Å². The summed E-state index contributed by atoms with van der Waals surface area (Å²) < 4.78 is 0. The number of hydrogen-bond acceptors (Lipinski definition) is 0. The molecule has 95 valence electrons. The first-order valence-corrected chi connectivity index (χ1v) is 6.82. The third-order valence-electron chi connectivity index (χ3n) is 2.50. The Morgan fingerprint density at radius 2 is 1.29 bits per heavy atom. The fourth-order valence-electron chi connectivity index (χ4n) is 1.51. The van der Waals surface area contributed by atoms with Gasteiger partial charge in [-0.2, -0.15) is 0 Å². The molecule has 0 spiro atoms. The molecular weight excluding hydrogens is 204 g/mol. The van der Waals surface area contributed by atoms with Crippen LogP contribution in [0.3, 0.4) is 0 Å². The van der Waals surface area contributed by atoms with Crippen LogP contribution in [0.1, 0.15) is 51.9 Å².